The van der Waals surface area contributed by atoms with Crippen molar-refractivity contribution in [3.63, 3.8) is 0 Å². The average molecular weight is 489 g/mol. The second-order valence-electron chi connectivity index (χ2n) is 8.58. The molecule has 2 fully saturated rings. The van der Waals surface area contributed by atoms with Crippen LogP contribution in [0.1, 0.15) is 24.8 Å². The molecule has 34 heavy (non-hydrogen) atoms. The van der Waals surface area contributed by atoms with Crippen LogP contribution in [0.3, 0.4) is 0 Å². The summed E-state index contributed by atoms with van der Waals surface area (Å²) in [6, 6.07) is 11.9. The van der Waals surface area contributed by atoms with E-state index in [0.717, 1.165) is 35.1 Å². The lowest BCUT2D eigenvalue weighted by atomic mass is 9.96. The summed E-state index contributed by atoms with van der Waals surface area (Å²) in [5.74, 6) is -2.10. The largest absolute Gasteiger partial charge is 0.370 e. The van der Waals surface area contributed by atoms with Gasteiger partial charge in [0.05, 0.1) is 11.6 Å². The third-order valence-electron chi connectivity index (χ3n) is 6.48. The molecule has 7 nitrogen and oxygen atoms in total. The fraction of sp³-hybridized carbons (Fsp3) is 0.417. The summed E-state index contributed by atoms with van der Waals surface area (Å²) in [5, 5.41) is 8.97. The quantitative estimate of drug-likeness (QED) is 0.661. The van der Waals surface area contributed by atoms with Gasteiger partial charge in [-0.2, -0.15) is 9.57 Å². The number of piperidine rings is 1. The summed E-state index contributed by atoms with van der Waals surface area (Å²) >= 11 is 0. The Bertz CT molecular complexity index is 1190. The highest BCUT2D eigenvalue weighted by Crippen LogP contribution is 2.27. The van der Waals surface area contributed by atoms with Crippen molar-refractivity contribution in [1.82, 2.24) is 9.21 Å². The molecule has 2 aliphatic rings. The first-order chi connectivity index (χ1) is 16.3. The summed E-state index contributed by atoms with van der Waals surface area (Å²) in [4.78, 5) is 16.5. The van der Waals surface area contributed by atoms with E-state index in [4.69, 9.17) is 5.26 Å². The summed E-state index contributed by atoms with van der Waals surface area (Å²) in [7, 11) is -4.17. The fourth-order valence-electron chi connectivity index (χ4n) is 4.56. The predicted molar refractivity (Wildman–Crippen MR) is 122 cm³/mol. The van der Waals surface area contributed by atoms with Gasteiger partial charge in [-0.05, 0) is 61.7 Å². The van der Waals surface area contributed by atoms with Crippen LogP contribution in [0.15, 0.2) is 47.4 Å². The summed E-state index contributed by atoms with van der Waals surface area (Å²) < 4.78 is 54.3. The number of nitriles is 1. The van der Waals surface area contributed by atoms with Gasteiger partial charge in [-0.15, -0.1) is 0 Å². The maximum Gasteiger partial charge on any atom is 0.246 e. The smallest absolute Gasteiger partial charge is 0.246 e. The van der Waals surface area contributed by atoms with Crippen LogP contribution in [0.4, 0.5) is 14.5 Å². The number of benzene rings is 2. The molecule has 4 rings (SSSR count). The van der Waals surface area contributed by atoms with Gasteiger partial charge in [-0.1, -0.05) is 0 Å². The molecule has 2 aliphatic heterocycles. The normalized spacial score (nSPS) is 18.4. The first-order valence-electron chi connectivity index (χ1n) is 11.3. The van der Waals surface area contributed by atoms with Crippen molar-refractivity contribution in [2.24, 2.45) is 5.92 Å². The zero-order valence-electron chi connectivity index (χ0n) is 18.7. The highest BCUT2D eigenvalue weighted by atomic mass is 32.2. The van der Waals surface area contributed by atoms with Crippen LogP contribution in [-0.2, 0) is 14.8 Å². The molecule has 0 unspecified atom stereocenters. The standard InChI is InChI=1S/C24H26F2N4O3S/c25-20-4-7-22(26)23(16-20)34(32,33)30-12-8-19(9-13-30)24(31)29-11-1-10-28(14-15-29)21-5-2-18(17-27)3-6-21/h2-7,16,19H,1,8-15H2. The molecular formula is C24H26F2N4O3S. The van der Waals surface area contributed by atoms with Gasteiger partial charge in [-0.25, -0.2) is 17.2 Å². The third-order valence-corrected chi connectivity index (χ3v) is 8.40. The summed E-state index contributed by atoms with van der Waals surface area (Å²) in [5.41, 5.74) is 1.61. The van der Waals surface area contributed by atoms with Crippen molar-refractivity contribution < 1.29 is 22.0 Å². The summed E-state index contributed by atoms with van der Waals surface area (Å²) in [6.45, 7) is 2.82. The van der Waals surface area contributed by atoms with Gasteiger partial charge < -0.3 is 9.80 Å². The Morgan fingerprint density at radius 3 is 2.32 bits per heavy atom. The van der Waals surface area contributed by atoms with Crippen LogP contribution in [0, 0.1) is 28.9 Å². The van der Waals surface area contributed by atoms with E-state index >= 15 is 0 Å². The van der Waals surface area contributed by atoms with Crippen molar-refractivity contribution in [1.29, 1.82) is 5.26 Å². The van der Waals surface area contributed by atoms with E-state index in [1.807, 2.05) is 17.0 Å². The summed E-state index contributed by atoms with van der Waals surface area (Å²) in [6.07, 6.45) is 1.48. The van der Waals surface area contributed by atoms with Crippen molar-refractivity contribution >= 4 is 21.6 Å². The van der Waals surface area contributed by atoms with E-state index in [9.17, 15) is 22.0 Å². The number of carbonyl (C=O) groups is 1. The Hall–Kier alpha value is -3.03. The number of amides is 1. The predicted octanol–water partition coefficient (Wildman–Crippen LogP) is 2.98. The minimum absolute atomic E-state index is 0.00987. The van der Waals surface area contributed by atoms with Crippen molar-refractivity contribution in [2.45, 2.75) is 24.2 Å². The maximum absolute atomic E-state index is 14.0. The molecule has 0 aliphatic carbocycles. The van der Waals surface area contributed by atoms with E-state index in [1.54, 1.807) is 12.1 Å². The van der Waals surface area contributed by atoms with Crippen LogP contribution in [0.5, 0.6) is 0 Å². The number of hydrogen-bond acceptors (Lipinski definition) is 5. The van der Waals surface area contributed by atoms with Crippen LogP contribution in [-0.4, -0.2) is 62.8 Å². The molecule has 10 heteroatoms. The Labute approximate surface area is 198 Å². The van der Waals surface area contributed by atoms with Gasteiger partial charge in [-0.3, -0.25) is 4.79 Å². The van der Waals surface area contributed by atoms with Crippen LogP contribution >= 0.6 is 0 Å². The minimum atomic E-state index is -4.17. The van der Waals surface area contributed by atoms with Crippen molar-refractivity contribution in [2.75, 3.05) is 44.2 Å². The van der Waals surface area contributed by atoms with Gasteiger partial charge in [0, 0.05) is 50.9 Å². The molecular weight excluding hydrogens is 462 g/mol. The van der Waals surface area contributed by atoms with Crippen molar-refractivity contribution in [3.05, 3.63) is 59.7 Å². The first-order valence-corrected chi connectivity index (χ1v) is 12.7. The Balaban J connectivity index is 1.35. The monoisotopic (exact) mass is 488 g/mol. The Morgan fingerprint density at radius 2 is 1.65 bits per heavy atom. The number of hydrogen-bond donors (Lipinski definition) is 0. The Kier molecular flexibility index (Phi) is 7.14. The van der Waals surface area contributed by atoms with E-state index in [1.165, 1.54) is 0 Å². The van der Waals surface area contributed by atoms with Crippen LogP contribution in [0.25, 0.3) is 0 Å². The highest BCUT2D eigenvalue weighted by Gasteiger charge is 2.35. The fourth-order valence-corrected chi connectivity index (χ4v) is 6.10. The number of nitrogens with zero attached hydrogens (tertiary/aromatic N) is 4. The molecule has 1 amide bonds. The number of rotatable bonds is 4. The molecule has 0 aromatic heterocycles. The van der Waals surface area contributed by atoms with Crippen LogP contribution < -0.4 is 4.90 Å². The number of carbonyl (C=O) groups excluding carboxylic acids is 1. The third kappa shape index (κ3) is 5.05. The molecule has 0 atom stereocenters. The van der Waals surface area contributed by atoms with Gasteiger partial charge in [0.15, 0.2) is 0 Å². The molecule has 2 saturated heterocycles. The highest BCUT2D eigenvalue weighted by molar-refractivity contribution is 7.89. The Morgan fingerprint density at radius 1 is 0.941 bits per heavy atom. The number of sulfonamides is 1. The lowest BCUT2D eigenvalue weighted by molar-refractivity contribution is -0.136. The van der Waals surface area contributed by atoms with E-state index in [0.29, 0.717) is 44.1 Å². The van der Waals surface area contributed by atoms with Crippen molar-refractivity contribution in [3.8, 4) is 6.07 Å². The molecule has 0 bridgehead atoms. The van der Waals surface area contributed by atoms with E-state index in [-0.39, 0.29) is 24.9 Å². The zero-order chi connectivity index (χ0) is 24.3. The first kappa shape index (κ1) is 24.1. The second kappa shape index (κ2) is 10.1. The molecule has 0 spiro atoms. The lowest BCUT2D eigenvalue weighted by Crippen LogP contribution is -2.45. The van der Waals surface area contributed by atoms with Gasteiger partial charge in [0.2, 0.25) is 15.9 Å². The molecule has 2 aromatic carbocycles. The molecule has 0 saturated carbocycles. The molecule has 2 aromatic rings. The second-order valence-corrected chi connectivity index (χ2v) is 10.5. The van der Waals surface area contributed by atoms with Gasteiger partial charge in [0.25, 0.3) is 0 Å². The van der Waals surface area contributed by atoms with E-state index in [2.05, 4.69) is 11.0 Å². The van der Waals surface area contributed by atoms with Gasteiger partial charge >= 0.3 is 0 Å². The lowest BCUT2D eigenvalue weighted by Gasteiger charge is -2.33. The zero-order valence-corrected chi connectivity index (χ0v) is 19.5. The van der Waals surface area contributed by atoms with Crippen LogP contribution in [0.2, 0.25) is 0 Å². The molecule has 0 N–H and O–H groups in total. The molecule has 0 radical (unpaired) electrons. The van der Waals surface area contributed by atoms with Gasteiger partial charge in [0.1, 0.15) is 16.5 Å². The average Bonchev–Trinajstić information content (AvgIpc) is 3.11. The molecule has 180 valence electrons. The SMILES string of the molecule is N#Cc1ccc(N2CCCN(C(=O)C3CCN(S(=O)(=O)c4cc(F)ccc4F)CC3)CC2)cc1. The van der Waals surface area contributed by atoms with E-state index < -0.39 is 26.6 Å². The number of anilines is 1. The topological polar surface area (TPSA) is 84.7 Å². The maximum atomic E-state index is 14.0. The molecule has 2 heterocycles. The minimum Gasteiger partial charge on any atom is -0.370 e. The number of halogens is 2.